The molecule has 2 aromatic heterocycles. The van der Waals surface area contributed by atoms with Crippen molar-refractivity contribution in [1.82, 2.24) is 19.5 Å². The van der Waals surface area contributed by atoms with Crippen LogP contribution in [-0.2, 0) is 11.8 Å². The molecule has 0 N–H and O–H groups in total. The molecule has 1 atom stereocenters. The number of anilines is 2. The zero-order chi connectivity index (χ0) is 20.5. The maximum Gasteiger partial charge on any atom is 0.293 e. The summed E-state index contributed by atoms with van der Waals surface area (Å²) in [6, 6.07) is 6.18. The molecule has 156 valence electrons. The summed E-state index contributed by atoms with van der Waals surface area (Å²) in [5.41, 5.74) is 1.89. The minimum Gasteiger partial charge on any atom is -0.471 e. The lowest BCUT2D eigenvalue weighted by Crippen LogP contribution is -2.48. The fourth-order valence-electron chi connectivity index (χ4n) is 3.95. The Morgan fingerprint density at radius 3 is 2.73 bits per heavy atom. The van der Waals surface area contributed by atoms with Crippen LogP contribution in [0.15, 0.2) is 41.7 Å². The Hall–Kier alpha value is -3.20. The number of hydrogen-bond acceptors (Lipinski definition) is 8. The fourth-order valence-corrected chi connectivity index (χ4v) is 3.95. The van der Waals surface area contributed by atoms with E-state index in [9.17, 15) is 4.79 Å². The van der Waals surface area contributed by atoms with Crippen LogP contribution in [-0.4, -0.2) is 65.0 Å². The Kier molecular flexibility index (Phi) is 4.96. The van der Waals surface area contributed by atoms with E-state index in [4.69, 9.17) is 9.47 Å². The largest absolute Gasteiger partial charge is 0.471 e. The number of hydrogen-bond donors (Lipinski definition) is 0. The van der Waals surface area contributed by atoms with E-state index in [1.807, 2.05) is 6.07 Å². The van der Waals surface area contributed by atoms with Crippen LogP contribution < -0.4 is 20.1 Å². The molecule has 5 rings (SSSR count). The minimum atomic E-state index is -0.0634. The van der Waals surface area contributed by atoms with Crippen molar-refractivity contribution in [1.29, 1.82) is 0 Å². The van der Waals surface area contributed by atoms with E-state index in [1.54, 1.807) is 30.3 Å². The van der Waals surface area contributed by atoms with Crippen LogP contribution in [0.3, 0.4) is 0 Å². The summed E-state index contributed by atoms with van der Waals surface area (Å²) in [5.74, 6) is 1.12. The van der Waals surface area contributed by atoms with E-state index >= 15 is 0 Å². The average molecular weight is 408 g/mol. The summed E-state index contributed by atoms with van der Waals surface area (Å²) in [6.07, 6.45) is 5.80. The van der Waals surface area contributed by atoms with Gasteiger partial charge in [0.2, 0.25) is 5.88 Å². The summed E-state index contributed by atoms with van der Waals surface area (Å²) < 4.78 is 13.1. The van der Waals surface area contributed by atoms with Gasteiger partial charge in [-0.2, -0.15) is 0 Å². The number of rotatable bonds is 4. The molecule has 0 spiro atoms. The van der Waals surface area contributed by atoms with E-state index in [0.29, 0.717) is 18.3 Å². The average Bonchev–Trinajstić information content (AvgIpc) is 3.29. The van der Waals surface area contributed by atoms with Gasteiger partial charge in [-0.25, -0.2) is 15.0 Å². The highest BCUT2D eigenvalue weighted by atomic mass is 16.5. The summed E-state index contributed by atoms with van der Waals surface area (Å²) in [6.45, 7) is 4.39. The topological polar surface area (TPSA) is 85.6 Å². The van der Waals surface area contributed by atoms with Gasteiger partial charge in [0.05, 0.1) is 24.1 Å². The summed E-state index contributed by atoms with van der Waals surface area (Å²) >= 11 is 0. The van der Waals surface area contributed by atoms with Gasteiger partial charge in [-0.05, 0) is 18.2 Å². The first-order valence-corrected chi connectivity index (χ1v) is 10.2. The Balaban J connectivity index is 1.35. The van der Waals surface area contributed by atoms with Crippen LogP contribution >= 0.6 is 0 Å². The highest BCUT2D eigenvalue weighted by Crippen LogP contribution is 2.29. The number of nitrogens with zero attached hydrogens (tertiary/aromatic N) is 6. The fraction of sp³-hybridized carbons (Fsp3) is 0.429. The van der Waals surface area contributed by atoms with Crippen LogP contribution in [0.1, 0.15) is 6.42 Å². The van der Waals surface area contributed by atoms with Gasteiger partial charge in [0.15, 0.2) is 5.82 Å². The zero-order valence-corrected chi connectivity index (χ0v) is 16.9. The van der Waals surface area contributed by atoms with Gasteiger partial charge in [0.1, 0.15) is 12.4 Å². The molecule has 4 heterocycles. The van der Waals surface area contributed by atoms with Crippen molar-refractivity contribution >= 4 is 22.4 Å². The quantitative estimate of drug-likeness (QED) is 0.637. The van der Waals surface area contributed by atoms with Crippen LogP contribution in [0, 0.1) is 0 Å². The smallest absolute Gasteiger partial charge is 0.293 e. The van der Waals surface area contributed by atoms with Crippen molar-refractivity contribution in [3.05, 3.63) is 47.3 Å². The summed E-state index contributed by atoms with van der Waals surface area (Å²) in [4.78, 5) is 29.7. The monoisotopic (exact) mass is 408 g/mol. The molecule has 0 amide bonds. The lowest BCUT2D eigenvalue weighted by atomic mass is 10.2. The second-order valence-corrected chi connectivity index (χ2v) is 7.62. The highest BCUT2D eigenvalue weighted by Gasteiger charge is 2.22. The van der Waals surface area contributed by atoms with Crippen molar-refractivity contribution in [2.24, 2.45) is 7.05 Å². The zero-order valence-electron chi connectivity index (χ0n) is 16.9. The molecule has 2 aliphatic heterocycles. The van der Waals surface area contributed by atoms with E-state index in [0.717, 1.165) is 55.8 Å². The molecule has 2 saturated heterocycles. The van der Waals surface area contributed by atoms with Crippen molar-refractivity contribution < 1.29 is 9.47 Å². The molecule has 1 unspecified atom stereocenters. The molecule has 9 heteroatoms. The van der Waals surface area contributed by atoms with Crippen molar-refractivity contribution in [3.8, 4) is 5.88 Å². The third kappa shape index (κ3) is 3.56. The predicted molar refractivity (Wildman–Crippen MR) is 113 cm³/mol. The molecule has 30 heavy (non-hydrogen) atoms. The van der Waals surface area contributed by atoms with Gasteiger partial charge < -0.3 is 23.8 Å². The number of fused-ring (bicyclic) bond motifs is 1. The van der Waals surface area contributed by atoms with Crippen LogP contribution in [0.25, 0.3) is 10.9 Å². The van der Waals surface area contributed by atoms with Crippen LogP contribution in [0.5, 0.6) is 5.88 Å². The lowest BCUT2D eigenvalue weighted by Gasteiger charge is -2.36. The predicted octanol–water partition coefficient (Wildman–Crippen LogP) is 1.22. The number of aromatic nitrogens is 4. The Labute approximate surface area is 173 Å². The first-order valence-electron chi connectivity index (χ1n) is 10.2. The van der Waals surface area contributed by atoms with Crippen LogP contribution in [0.4, 0.5) is 11.5 Å². The molecule has 0 bridgehead atoms. The Morgan fingerprint density at radius 1 is 1.10 bits per heavy atom. The first kappa shape index (κ1) is 18.8. The van der Waals surface area contributed by atoms with Gasteiger partial charge in [-0.1, -0.05) is 0 Å². The minimum absolute atomic E-state index is 0.0382. The van der Waals surface area contributed by atoms with Gasteiger partial charge in [-0.3, -0.25) is 4.79 Å². The third-order valence-electron chi connectivity index (χ3n) is 5.69. The second kappa shape index (κ2) is 7.91. The van der Waals surface area contributed by atoms with E-state index in [1.165, 1.54) is 0 Å². The summed E-state index contributed by atoms with van der Waals surface area (Å²) in [5, 5.41) is 0.905. The van der Waals surface area contributed by atoms with Crippen molar-refractivity contribution in [3.63, 3.8) is 0 Å². The molecular weight excluding hydrogens is 384 g/mol. The molecule has 9 nitrogen and oxygen atoms in total. The van der Waals surface area contributed by atoms with Crippen molar-refractivity contribution in [2.75, 3.05) is 49.2 Å². The standard InChI is InChI=1S/C21H24N6O3/c1-25-6-5-22-19(21(25)28)27-9-7-26(8-10-27)15-2-3-18-17(12-15)20(24-14-23-18)30-16-4-11-29-13-16/h2-3,5-6,12,14,16H,4,7-11,13H2,1H3. The number of piperazine rings is 1. The second-order valence-electron chi connectivity index (χ2n) is 7.62. The highest BCUT2D eigenvalue weighted by molar-refractivity contribution is 5.86. The molecule has 0 aliphatic carbocycles. The van der Waals surface area contributed by atoms with E-state index in [2.05, 4.69) is 36.9 Å². The Bertz CT molecular complexity index is 1100. The Morgan fingerprint density at radius 2 is 1.93 bits per heavy atom. The molecule has 0 radical (unpaired) electrons. The SMILES string of the molecule is Cn1ccnc(N2CCN(c3ccc4ncnc(OC5CCOC5)c4c3)CC2)c1=O. The number of ether oxygens (including phenoxy) is 2. The maximum absolute atomic E-state index is 12.4. The lowest BCUT2D eigenvalue weighted by molar-refractivity contribution is 0.139. The first-order chi connectivity index (χ1) is 14.7. The molecular formula is C21H24N6O3. The molecule has 2 fully saturated rings. The van der Waals surface area contributed by atoms with E-state index in [-0.39, 0.29) is 11.7 Å². The molecule has 0 saturated carbocycles. The normalized spacial score (nSPS) is 19.4. The van der Waals surface area contributed by atoms with Crippen molar-refractivity contribution in [2.45, 2.75) is 12.5 Å². The van der Waals surface area contributed by atoms with E-state index < -0.39 is 0 Å². The maximum atomic E-state index is 12.4. The van der Waals surface area contributed by atoms with Gasteiger partial charge in [0, 0.05) is 57.7 Å². The molecule has 3 aromatic rings. The van der Waals surface area contributed by atoms with Gasteiger partial charge >= 0.3 is 0 Å². The number of aryl methyl sites for hydroxylation is 1. The number of benzene rings is 1. The van der Waals surface area contributed by atoms with Gasteiger partial charge in [0.25, 0.3) is 5.56 Å². The molecule has 2 aliphatic rings. The molecule has 1 aromatic carbocycles. The van der Waals surface area contributed by atoms with Crippen LogP contribution in [0.2, 0.25) is 0 Å². The summed E-state index contributed by atoms with van der Waals surface area (Å²) in [7, 11) is 1.75. The van der Waals surface area contributed by atoms with Gasteiger partial charge in [-0.15, -0.1) is 0 Å². The third-order valence-corrected chi connectivity index (χ3v) is 5.69.